The van der Waals surface area contributed by atoms with Gasteiger partial charge in [0.25, 0.3) is 5.91 Å². The van der Waals surface area contributed by atoms with Gasteiger partial charge in [-0.25, -0.2) is 10.4 Å². The first-order valence-corrected chi connectivity index (χ1v) is 24.4. The maximum atomic E-state index is 14.7. The zero-order valence-electron chi connectivity index (χ0n) is 42.5. The second-order valence-corrected chi connectivity index (χ2v) is 19.5. The number of likely N-dealkylation sites (N-methyl/N-ethyl adjacent to an activating group) is 1. The Morgan fingerprint density at radius 3 is 2.54 bits per heavy atom. The van der Waals surface area contributed by atoms with Crippen LogP contribution in [0.1, 0.15) is 76.1 Å². The van der Waals surface area contributed by atoms with Crippen LogP contribution in [0.3, 0.4) is 0 Å². The van der Waals surface area contributed by atoms with Crippen LogP contribution in [0, 0.1) is 11.3 Å². The highest BCUT2D eigenvalue weighted by atomic mass is 16.5. The molecule has 0 radical (unpaired) electrons. The molecule has 1 saturated heterocycles. The van der Waals surface area contributed by atoms with E-state index in [1.54, 1.807) is 46.7 Å². The molecule has 2 aromatic heterocycles. The van der Waals surface area contributed by atoms with Gasteiger partial charge in [-0.3, -0.25) is 29.2 Å². The molecule has 0 unspecified atom stereocenters. The monoisotopic (exact) mass is 969 g/mol. The van der Waals surface area contributed by atoms with Crippen molar-refractivity contribution in [3.8, 4) is 28.1 Å². The number of aromatic nitrogens is 2. The number of aliphatic imine (C=N–C) groups is 2. The fourth-order valence-electron chi connectivity index (χ4n) is 9.72. The summed E-state index contributed by atoms with van der Waals surface area (Å²) >= 11 is 0. The van der Waals surface area contributed by atoms with Crippen LogP contribution in [0.5, 0.6) is 5.75 Å². The zero-order chi connectivity index (χ0) is 50.8. The largest absolute Gasteiger partial charge is 0.497 e. The molecular formula is C55H68N8O8. The van der Waals surface area contributed by atoms with Crippen LogP contribution in [0.15, 0.2) is 89.1 Å². The third-order valence-electron chi connectivity index (χ3n) is 13.2. The van der Waals surface area contributed by atoms with Gasteiger partial charge in [0.15, 0.2) is 0 Å². The highest BCUT2D eigenvalue weighted by Crippen LogP contribution is 2.41. The number of carbonyl (C=O) groups is 4. The molecule has 1 fully saturated rings. The normalized spacial score (nSPS) is 17.5. The van der Waals surface area contributed by atoms with E-state index in [0.717, 1.165) is 55.5 Å². The molecule has 2 aliphatic heterocycles. The molecule has 71 heavy (non-hydrogen) atoms. The molecule has 3 amide bonds. The molecule has 5 aromatic rings. The molecule has 3 atom stereocenters. The van der Waals surface area contributed by atoms with Gasteiger partial charge in [0.1, 0.15) is 23.9 Å². The van der Waals surface area contributed by atoms with E-state index in [4.69, 9.17) is 18.9 Å². The van der Waals surface area contributed by atoms with Gasteiger partial charge in [-0.05, 0) is 96.3 Å². The summed E-state index contributed by atoms with van der Waals surface area (Å²) in [6.07, 6.45) is 5.44. The lowest BCUT2D eigenvalue weighted by molar-refractivity contribution is -0.155. The first-order valence-electron chi connectivity index (χ1n) is 24.4. The summed E-state index contributed by atoms with van der Waals surface area (Å²) in [6.45, 7) is 12.0. The third kappa shape index (κ3) is 12.3. The lowest BCUT2D eigenvalue weighted by Crippen LogP contribution is -2.62. The molecule has 0 saturated carbocycles. The average molecular weight is 969 g/mol. The van der Waals surface area contributed by atoms with Gasteiger partial charge in [0.2, 0.25) is 11.8 Å². The number of ether oxygens (including phenoxy) is 4. The highest BCUT2D eigenvalue weighted by molar-refractivity contribution is 5.96. The first-order chi connectivity index (χ1) is 34.2. The number of fused-ring (bicyclic) bond motifs is 6. The van der Waals surface area contributed by atoms with Crippen molar-refractivity contribution in [2.45, 2.75) is 105 Å². The Balaban J connectivity index is 1.20. The van der Waals surface area contributed by atoms with E-state index in [1.165, 1.54) is 9.91 Å². The van der Waals surface area contributed by atoms with Crippen LogP contribution in [0.2, 0.25) is 0 Å². The van der Waals surface area contributed by atoms with Crippen molar-refractivity contribution in [3.63, 3.8) is 0 Å². The molecule has 3 aromatic carbocycles. The summed E-state index contributed by atoms with van der Waals surface area (Å²) in [4.78, 5) is 71.4. The molecule has 0 spiro atoms. The SMILES string of the molecule is CCn1c(-c2cnccc2COC)c2c3cc(ccc31)-c1cccc(c1)C[C@H](NC(=O)[C@H](C(C)C)N(C)C(=O)CCN=C=Nc1ccc(OC)cc1COC)C(=O)N1CCC[C@H](N1)C(=O)OCC(C)(C)C2. The number of nitrogens with one attached hydrogen (secondary N) is 2. The van der Waals surface area contributed by atoms with Crippen molar-refractivity contribution >= 4 is 46.3 Å². The number of nitrogens with zero attached hydrogens (tertiary/aromatic N) is 6. The minimum absolute atomic E-state index is 0.000659. The smallest absolute Gasteiger partial charge is 0.324 e. The molecule has 6 bridgehead atoms. The van der Waals surface area contributed by atoms with Gasteiger partial charge in [0, 0.05) is 87.0 Å². The van der Waals surface area contributed by atoms with Crippen LogP contribution >= 0.6 is 0 Å². The maximum absolute atomic E-state index is 14.7. The quantitative estimate of drug-likeness (QED) is 0.0780. The van der Waals surface area contributed by atoms with E-state index < -0.39 is 41.3 Å². The van der Waals surface area contributed by atoms with E-state index in [-0.39, 0.29) is 37.8 Å². The van der Waals surface area contributed by atoms with Crippen LogP contribution in [-0.2, 0) is 66.0 Å². The maximum Gasteiger partial charge on any atom is 0.324 e. The Bertz CT molecular complexity index is 2800. The summed E-state index contributed by atoms with van der Waals surface area (Å²) in [5, 5.41) is 5.57. The van der Waals surface area contributed by atoms with E-state index in [2.05, 4.69) is 87.4 Å². The summed E-state index contributed by atoms with van der Waals surface area (Å²) in [6, 6.07) is 21.8. The number of esters is 1. The number of cyclic esters (lactones) is 1. The number of hydrazine groups is 1. The Kier molecular flexibility index (Phi) is 17.2. The van der Waals surface area contributed by atoms with Gasteiger partial charge in [-0.2, -0.15) is 4.99 Å². The second kappa shape index (κ2) is 23.5. The Morgan fingerprint density at radius 1 is 1.01 bits per heavy atom. The number of aryl methyl sites for hydroxylation is 1. The number of amides is 3. The minimum atomic E-state index is -1.06. The van der Waals surface area contributed by atoms with Crippen molar-refractivity contribution in [2.24, 2.45) is 21.3 Å². The number of pyridine rings is 1. The van der Waals surface area contributed by atoms with E-state index >= 15 is 0 Å². The predicted molar refractivity (Wildman–Crippen MR) is 273 cm³/mol. The molecule has 16 heteroatoms. The van der Waals surface area contributed by atoms with Crippen LogP contribution in [0.4, 0.5) is 5.69 Å². The van der Waals surface area contributed by atoms with E-state index in [9.17, 15) is 19.2 Å². The zero-order valence-corrected chi connectivity index (χ0v) is 42.5. The number of methoxy groups -OCH3 is 3. The van der Waals surface area contributed by atoms with Gasteiger partial charge in [0.05, 0.1) is 50.9 Å². The lowest BCUT2D eigenvalue weighted by Gasteiger charge is -2.36. The van der Waals surface area contributed by atoms with Crippen molar-refractivity contribution in [3.05, 3.63) is 101 Å². The number of rotatable bonds is 15. The molecule has 16 nitrogen and oxygen atoms in total. The standard InChI is InChI=1S/C55H68N8O8/c1-10-62-48-19-16-38-28-42(48)43(51(62)44-30-56-22-20-39(44)31-68-7)29-55(4,5)33-71-54(67)46-15-12-24-63(60-46)53(66)47(26-36-13-11-14-37(38)25-36)59-52(65)50(35(2)3)61(6)49(64)21-23-57-34-58-45-18-17-41(70-9)27-40(45)32-69-8/h11,13-14,16-20,22,25,27-28,30,35,46-47,50,60H,10,12,15,21,23-24,26,29,31-33H2,1-9H3,(H,59,65)/t46-,47-,50-/m0/s1. The number of hydrogen-bond acceptors (Lipinski definition) is 12. The highest BCUT2D eigenvalue weighted by Gasteiger charge is 2.37. The third-order valence-corrected chi connectivity index (χ3v) is 13.2. The van der Waals surface area contributed by atoms with Gasteiger partial charge in [-0.15, -0.1) is 0 Å². The second-order valence-electron chi connectivity index (χ2n) is 19.5. The Labute approximate surface area is 416 Å². The fourth-order valence-corrected chi connectivity index (χ4v) is 9.72. The molecule has 2 N–H and O–H groups in total. The fraction of sp³-hybridized carbons (Fsp3) is 0.455. The first kappa shape index (κ1) is 52.1. The number of carbonyl (C=O) groups excluding carboxylic acids is 4. The van der Waals surface area contributed by atoms with Crippen molar-refractivity contribution in [1.29, 1.82) is 0 Å². The van der Waals surface area contributed by atoms with Crippen molar-refractivity contribution < 1.29 is 38.1 Å². The summed E-state index contributed by atoms with van der Waals surface area (Å²) < 4.78 is 24.7. The van der Waals surface area contributed by atoms with E-state index in [0.29, 0.717) is 57.0 Å². The van der Waals surface area contributed by atoms with Gasteiger partial charge >= 0.3 is 5.97 Å². The van der Waals surface area contributed by atoms with Crippen molar-refractivity contribution in [1.82, 2.24) is 30.2 Å². The molecule has 4 heterocycles. The lowest BCUT2D eigenvalue weighted by atomic mass is 9.84. The summed E-state index contributed by atoms with van der Waals surface area (Å²) in [7, 11) is 6.46. The average Bonchev–Trinajstić information content (AvgIpc) is 3.66. The van der Waals surface area contributed by atoms with Crippen molar-refractivity contribution in [2.75, 3.05) is 48.1 Å². The minimum Gasteiger partial charge on any atom is -0.497 e. The molecule has 2 aliphatic rings. The van der Waals surface area contributed by atoms with Gasteiger partial charge < -0.3 is 33.7 Å². The van der Waals surface area contributed by atoms with Crippen LogP contribution < -0.4 is 15.5 Å². The topological polar surface area (TPSA) is 178 Å². The molecule has 7 rings (SSSR count). The Hall–Kier alpha value is -6.71. The molecular weight excluding hydrogens is 901 g/mol. The van der Waals surface area contributed by atoms with E-state index in [1.807, 2.05) is 44.3 Å². The molecule has 0 aliphatic carbocycles. The van der Waals surface area contributed by atoms with Gasteiger partial charge in [-0.1, -0.05) is 58.0 Å². The Morgan fingerprint density at radius 2 is 1.79 bits per heavy atom. The summed E-state index contributed by atoms with van der Waals surface area (Å²) in [5.74, 6) is -1.29. The number of hydrogen-bond donors (Lipinski definition) is 2. The van der Waals surface area contributed by atoms with Crippen LogP contribution in [0.25, 0.3) is 33.3 Å². The predicted octanol–water partition coefficient (Wildman–Crippen LogP) is 7.72. The van der Waals surface area contributed by atoms with Crippen LogP contribution in [-0.4, -0.2) is 115 Å². The number of benzene rings is 3. The molecule has 376 valence electrons. The summed E-state index contributed by atoms with van der Waals surface area (Å²) in [5.41, 5.74) is 12.1.